The zero-order valence-electron chi connectivity index (χ0n) is 15.8. The minimum absolute atomic E-state index is 0.0640. The molecule has 12 heteroatoms. The van der Waals surface area contributed by atoms with Crippen LogP contribution in [0.2, 0.25) is 0 Å². The summed E-state index contributed by atoms with van der Waals surface area (Å²) in [5.41, 5.74) is 1.50. The molecular weight excluding hydrogens is 501 g/mol. The second-order valence-electron chi connectivity index (χ2n) is 6.04. The number of hydrazone groups is 1. The Morgan fingerprint density at radius 3 is 2.16 bits per heavy atom. The van der Waals surface area contributed by atoms with E-state index >= 15 is 0 Å². The molecule has 0 amide bonds. The van der Waals surface area contributed by atoms with Crippen LogP contribution >= 0.6 is 15.9 Å². The van der Waals surface area contributed by atoms with Crippen LogP contribution in [0.5, 0.6) is 11.5 Å². The lowest BCUT2D eigenvalue weighted by Crippen LogP contribution is -2.58. The van der Waals surface area contributed by atoms with Crippen LogP contribution in [0.15, 0.2) is 52.0 Å². The van der Waals surface area contributed by atoms with Crippen molar-refractivity contribution < 1.29 is 40.2 Å². The molecule has 2 aromatic rings. The fraction of sp³-hybridized carbons (Fsp3) is 0.316. The van der Waals surface area contributed by atoms with Crippen LogP contribution < -0.4 is 14.9 Å². The van der Waals surface area contributed by atoms with E-state index in [1.807, 2.05) is 30.3 Å². The third kappa shape index (κ3) is 6.02. The molecule has 1 N–H and O–H groups in total. The average Bonchev–Trinajstić information content (AvgIpc) is 2.68. The normalized spacial score (nSPS) is 12.8. The van der Waals surface area contributed by atoms with Crippen molar-refractivity contribution in [3.8, 4) is 11.5 Å². The highest BCUT2D eigenvalue weighted by atomic mass is 79.9. The second-order valence-corrected chi connectivity index (χ2v) is 6.90. The highest BCUT2D eigenvalue weighted by Crippen LogP contribution is 2.45. The topological polar surface area (TPSA) is 42.8 Å². The summed E-state index contributed by atoms with van der Waals surface area (Å²) in [4.78, 5) is 0. The summed E-state index contributed by atoms with van der Waals surface area (Å²) in [5, 5.41) is 2.85. The number of ether oxygens (including phenoxy) is 2. The van der Waals surface area contributed by atoms with Gasteiger partial charge in [0, 0.05) is 10.0 Å². The van der Waals surface area contributed by atoms with E-state index in [9.17, 15) is 30.7 Å². The van der Waals surface area contributed by atoms with Gasteiger partial charge in [0.15, 0.2) is 11.5 Å². The number of alkyl halides is 7. The zero-order valence-corrected chi connectivity index (χ0v) is 17.4. The summed E-state index contributed by atoms with van der Waals surface area (Å²) >= 11 is 3.14. The molecule has 0 radical (unpaired) electrons. The molecule has 0 aromatic heterocycles. The van der Waals surface area contributed by atoms with Crippen molar-refractivity contribution in [1.82, 2.24) is 5.43 Å². The fourth-order valence-electron chi connectivity index (χ4n) is 2.20. The molecule has 0 aliphatic carbocycles. The van der Waals surface area contributed by atoms with E-state index in [2.05, 4.69) is 21.0 Å². The number of nitrogens with zero attached hydrogens (tertiary/aromatic N) is 1. The van der Waals surface area contributed by atoms with Crippen LogP contribution in [-0.4, -0.2) is 31.0 Å². The van der Waals surface area contributed by atoms with E-state index in [1.165, 1.54) is 12.1 Å². The van der Waals surface area contributed by atoms with Crippen LogP contribution in [-0.2, 0) is 6.61 Å². The molecule has 4 nitrogen and oxygen atoms in total. The van der Waals surface area contributed by atoms with Gasteiger partial charge in [0.1, 0.15) is 6.61 Å². The molecule has 2 rings (SSSR count). The standard InChI is InChI=1S/C19H16BrF7N2O2/c1-2-30-15-8-13(10-28-29-19(26,27)17(21,22)18(23,24)25)14(20)9-16(15)31-11-12-6-4-3-5-7-12/h3-10,29H,2,11H2,1H3/b28-10+. The Bertz CT molecular complexity index is 906. The number of hydrogen-bond acceptors (Lipinski definition) is 4. The lowest BCUT2D eigenvalue weighted by atomic mass is 10.2. The Labute approximate surface area is 181 Å². The monoisotopic (exact) mass is 516 g/mol. The van der Waals surface area contributed by atoms with Gasteiger partial charge in [0.2, 0.25) is 0 Å². The van der Waals surface area contributed by atoms with E-state index in [0.29, 0.717) is 11.6 Å². The highest BCUT2D eigenvalue weighted by Gasteiger charge is 2.73. The fourth-order valence-corrected chi connectivity index (χ4v) is 2.62. The summed E-state index contributed by atoms with van der Waals surface area (Å²) in [6.07, 6.45) is -5.81. The molecule has 0 aliphatic heterocycles. The maximum atomic E-state index is 13.3. The Morgan fingerprint density at radius 1 is 0.968 bits per heavy atom. The number of halogens is 8. The van der Waals surface area contributed by atoms with Crippen molar-refractivity contribution in [2.45, 2.75) is 31.7 Å². The van der Waals surface area contributed by atoms with Crippen LogP contribution in [0.4, 0.5) is 30.7 Å². The van der Waals surface area contributed by atoms with Crippen molar-refractivity contribution in [3.63, 3.8) is 0 Å². The third-order valence-electron chi connectivity index (χ3n) is 3.76. The van der Waals surface area contributed by atoms with Gasteiger partial charge >= 0.3 is 18.1 Å². The van der Waals surface area contributed by atoms with Gasteiger partial charge < -0.3 is 9.47 Å². The number of rotatable bonds is 9. The van der Waals surface area contributed by atoms with Crippen LogP contribution in [0.25, 0.3) is 0 Å². The van der Waals surface area contributed by atoms with E-state index in [0.717, 1.165) is 5.56 Å². The first kappa shape index (κ1) is 24.8. The zero-order chi connectivity index (χ0) is 23.3. The van der Waals surface area contributed by atoms with Gasteiger partial charge in [0.05, 0.1) is 12.8 Å². The maximum absolute atomic E-state index is 13.3. The summed E-state index contributed by atoms with van der Waals surface area (Å²) in [6, 6.07) is 6.22. The van der Waals surface area contributed by atoms with Gasteiger partial charge in [-0.15, -0.1) is 0 Å². The van der Waals surface area contributed by atoms with Crippen molar-refractivity contribution in [1.29, 1.82) is 0 Å². The molecule has 0 fully saturated rings. The van der Waals surface area contributed by atoms with E-state index in [4.69, 9.17) is 9.47 Å². The minimum Gasteiger partial charge on any atom is -0.490 e. The van der Waals surface area contributed by atoms with Crippen LogP contribution in [0.1, 0.15) is 18.1 Å². The van der Waals surface area contributed by atoms with Crippen molar-refractivity contribution in [2.75, 3.05) is 6.61 Å². The van der Waals surface area contributed by atoms with Crippen LogP contribution in [0, 0.1) is 0 Å². The number of hydrogen-bond donors (Lipinski definition) is 1. The largest absolute Gasteiger partial charge is 0.490 e. The van der Waals surface area contributed by atoms with E-state index in [-0.39, 0.29) is 34.7 Å². The van der Waals surface area contributed by atoms with Crippen molar-refractivity contribution in [3.05, 3.63) is 58.1 Å². The molecule has 0 atom stereocenters. The summed E-state index contributed by atoms with van der Waals surface area (Å²) in [6.45, 7) is 2.09. The maximum Gasteiger partial charge on any atom is 0.462 e. The average molecular weight is 517 g/mol. The predicted molar refractivity (Wildman–Crippen MR) is 103 cm³/mol. The molecule has 0 unspecified atom stereocenters. The molecule has 0 spiro atoms. The summed E-state index contributed by atoms with van der Waals surface area (Å²) in [7, 11) is 0. The first-order valence-electron chi connectivity index (χ1n) is 8.64. The van der Waals surface area contributed by atoms with Gasteiger partial charge in [0.25, 0.3) is 0 Å². The molecule has 31 heavy (non-hydrogen) atoms. The summed E-state index contributed by atoms with van der Waals surface area (Å²) < 4.78 is 100. The van der Waals surface area contributed by atoms with E-state index in [1.54, 1.807) is 6.92 Å². The van der Waals surface area contributed by atoms with Crippen molar-refractivity contribution in [2.24, 2.45) is 5.10 Å². The number of nitrogens with one attached hydrogen (secondary N) is 1. The van der Waals surface area contributed by atoms with E-state index < -0.39 is 18.1 Å². The number of benzene rings is 2. The minimum atomic E-state index is -6.46. The second kappa shape index (κ2) is 9.75. The first-order valence-corrected chi connectivity index (χ1v) is 9.44. The smallest absolute Gasteiger partial charge is 0.462 e. The summed E-state index contributed by atoms with van der Waals surface area (Å²) in [5.74, 6) is -5.84. The molecule has 0 saturated carbocycles. The van der Waals surface area contributed by atoms with Gasteiger partial charge in [-0.1, -0.05) is 30.3 Å². The predicted octanol–water partition coefficient (Wildman–Crippen LogP) is 6.14. The molecule has 0 saturated heterocycles. The molecular formula is C19H16BrF7N2O2. The van der Waals surface area contributed by atoms with Crippen LogP contribution in [0.3, 0.4) is 0 Å². The van der Waals surface area contributed by atoms with Gasteiger partial charge in [-0.25, -0.2) is 5.43 Å². The SMILES string of the molecule is CCOc1cc(/C=N/NC(F)(F)C(F)(F)C(F)(F)F)c(Br)cc1OCc1ccccc1. The van der Waals surface area contributed by atoms with Gasteiger partial charge in [-0.05, 0) is 40.5 Å². The van der Waals surface area contributed by atoms with Gasteiger partial charge in [-0.3, -0.25) is 0 Å². The molecule has 0 aliphatic rings. The quantitative estimate of drug-likeness (QED) is 0.188. The lowest BCUT2D eigenvalue weighted by molar-refractivity contribution is -0.361. The molecule has 0 heterocycles. The third-order valence-corrected chi connectivity index (χ3v) is 4.45. The Morgan fingerprint density at radius 2 is 1.58 bits per heavy atom. The molecule has 2 aromatic carbocycles. The Hall–Kier alpha value is -2.50. The highest BCUT2D eigenvalue weighted by molar-refractivity contribution is 9.10. The van der Waals surface area contributed by atoms with Crippen molar-refractivity contribution >= 4 is 22.1 Å². The molecule has 170 valence electrons. The van der Waals surface area contributed by atoms with Gasteiger partial charge in [-0.2, -0.15) is 35.8 Å². The molecule has 0 bridgehead atoms. The lowest BCUT2D eigenvalue weighted by Gasteiger charge is -2.27. The Kier molecular flexibility index (Phi) is 7.79. The first-order chi connectivity index (χ1) is 14.4. The Balaban J connectivity index is 2.20.